The average Bonchev–Trinajstić information content (AvgIpc) is 4.11. The van der Waals surface area contributed by atoms with Gasteiger partial charge in [0, 0.05) is 25.7 Å². The van der Waals surface area contributed by atoms with E-state index in [2.05, 4.69) is 20.8 Å². The molecule has 2 aliphatic rings. The number of tetrazole rings is 1. The van der Waals surface area contributed by atoms with Gasteiger partial charge in [0.2, 0.25) is 11.1 Å². The number of thioether (sulfide) groups is 2. The largest absolute Gasteiger partial charge is 0.497 e. The Labute approximate surface area is 476 Å². The average molecular weight is 1130 g/mol. The Morgan fingerprint density at radius 2 is 1.16 bits per heavy atom. The van der Waals surface area contributed by atoms with Crippen molar-refractivity contribution < 1.29 is 52.3 Å². The van der Waals surface area contributed by atoms with E-state index in [1.165, 1.54) is 40.2 Å². The molecule has 0 spiro atoms. The second-order valence-corrected chi connectivity index (χ2v) is 20.8. The SMILES string of the molecule is COc1ccc(COc2ccc(C(C(=O)N[C@]3(OC)C(=O)N4C(C(=O)OC(c5ccccc5)c5ccccc5)=C(CSc5nnnn5C)CS[C@H]43)C(=O)OC(c3ccccc3)c3ccccc3)cc2OCc2ccc(OC)cc2)cc1. The maximum Gasteiger partial charge on any atom is 0.356 e. The van der Waals surface area contributed by atoms with E-state index in [0.717, 1.165) is 11.1 Å². The zero-order valence-corrected chi connectivity index (χ0v) is 46.2. The van der Waals surface area contributed by atoms with Gasteiger partial charge in [-0.2, -0.15) is 0 Å². The number of amides is 2. The fourth-order valence-electron chi connectivity index (χ4n) is 9.40. The Kier molecular flexibility index (Phi) is 17.4. The Hall–Kier alpha value is -8.91. The fourth-order valence-corrected chi connectivity index (χ4v) is 11.8. The first-order chi connectivity index (χ1) is 39.6. The lowest BCUT2D eigenvalue weighted by atomic mass is 9.93. The molecule has 0 radical (unpaired) electrons. The number of nitrogens with zero attached hydrogens (tertiary/aromatic N) is 5. The van der Waals surface area contributed by atoms with Gasteiger partial charge < -0.3 is 38.5 Å². The number of rotatable bonds is 23. The molecule has 3 atom stereocenters. The zero-order chi connectivity index (χ0) is 56.3. The highest BCUT2D eigenvalue weighted by molar-refractivity contribution is 8.01. The van der Waals surface area contributed by atoms with E-state index >= 15 is 14.4 Å². The van der Waals surface area contributed by atoms with Crippen LogP contribution in [0.15, 0.2) is 204 Å². The Morgan fingerprint density at radius 1 is 0.654 bits per heavy atom. The number of aromatic nitrogens is 4. The number of β-lactam (4-membered cyclic amide) rings is 1. The van der Waals surface area contributed by atoms with Crippen LogP contribution in [0, 0.1) is 0 Å². The highest BCUT2D eigenvalue weighted by Crippen LogP contribution is 2.49. The number of carbonyl (C=O) groups excluding carboxylic acids is 4. The number of methoxy groups -OCH3 is 3. The minimum Gasteiger partial charge on any atom is -0.497 e. The summed E-state index contributed by atoms with van der Waals surface area (Å²) < 4.78 is 44.1. The fraction of sp³-hybridized carbons (Fsp3) is 0.210. The predicted molar refractivity (Wildman–Crippen MR) is 303 cm³/mol. The molecule has 1 saturated heterocycles. The molecule has 412 valence electrons. The zero-order valence-electron chi connectivity index (χ0n) is 44.6. The van der Waals surface area contributed by atoms with Gasteiger partial charge >= 0.3 is 11.9 Å². The van der Waals surface area contributed by atoms with E-state index in [1.807, 2.05) is 170 Å². The molecule has 8 aromatic rings. The third kappa shape index (κ3) is 12.3. The molecular formula is C62H56N6O11S2. The lowest BCUT2D eigenvalue weighted by Gasteiger charge is -2.56. The Bertz CT molecular complexity index is 3430. The first kappa shape index (κ1) is 55.4. The van der Waals surface area contributed by atoms with Crippen LogP contribution in [0.4, 0.5) is 0 Å². The number of fused-ring (bicyclic) bond motifs is 1. The number of hydrogen-bond donors (Lipinski definition) is 1. The minimum absolute atomic E-state index is 0.0152. The maximum atomic E-state index is 15.5. The Morgan fingerprint density at radius 3 is 1.64 bits per heavy atom. The molecule has 2 amide bonds. The quantitative estimate of drug-likeness (QED) is 0.0209. The number of hydrogen-bond acceptors (Lipinski definition) is 16. The molecule has 2 aliphatic heterocycles. The molecule has 17 nitrogen and oxygen atoms in total. The van der Waals surface area contributed by atoms with E-state index in [1.54, 1.807) is 39.5 Å². The molecule has 1 aromatic heterocycles. The van der Waals surface area contributed by atoms with Crippen LogP contribution < -0.4 is 24.3 Å². The molecule has 1 unspecified atom stereocenters. The molecule has 7 aromatic carbocycles. The van der Waals surface area contributed by atoms with Crippen LogP contribution in [-0.2, 0) is 53.7 Å². The number of carbonyl (C=O) groups is 4. The summed E-state index contributed by atoms with van der Waals surface area (Å²) >= 11 is 2.55. The summed E-state index contributed by atoms with van der Waals surface area (Å²) in [6.07, 6.45) is -1.81. The molecule has 0 aliphatic carbocycles. The van der Waals surface area contributed by atoms with E-state index in [-0.39, 0.29) is 41.7 Å². The van der Waals surface area contributed by atoms with E-state index in [0.29, 0.717) is 50.2 Å². The van der Waals surface area contributed by atoms with Crippen LogP contribution in [0.1, 0.15) is 57.1 Å². The first-order valence-electron chi connectivity index (χ1n) is 25.7. The Balaban J connectivity index is 1.01. The van der Waals surface area contributed by atoms with Gasteiger partial charge in [-0.15, -0.1) is 16.9 Å². The molecule has 1 N–H and O–H groups in total. The summed E-state index contributed by atoms with van der Waals surface area (Å²) in [7, 11) is 6.17. The van der Waals surface area contributed by atoms with Crippen LogP contribution in [0.25, 0.3) is 0 Å². The monoisotopic (exact) mass is 1120 g/mol. The maximum absolute atomic E-state index is 15.5. The van der Waals surface area contributed by atoms with Crippen molar-refractivity contribution in [2.45, 2.75) is 47.6 Å². The van der Waals surface area contributed by atoms with Gasteiger partial charge in [-0.05, 0) is 91.3 Å². The molecule has 81 heavy (non-hydrogen) atoms. The highest BCUT2D eigenvalue weighted by Gasteiger charge is 2.67. The topological polar surface area (TPSA) is 192 Å². The minimum atomic E-state index is -2.09. The first-order valence-corrected chi connectivity index (χ1v) is 27.8. The second-order valence-electron chi connectivity index (χ2n) is 18.8. The molecular weight excluding hydrogens is 1070 g/mol. The standard InChI is InChI=1S/C62H56N6O11S2/c1-67-61(64-65-66-67)81-39-47-38-80-60-62(75-4,59(72)68(60)53(47)58(71)79-55(44-21-13-7-14-22-44)45-23-15-8-16-24-45)63-56(69)52(57(70)78-54(42-17-9-5-10-18-42)43-19-11-6-12-20-43)46-29-34-50(76-36-40-25-30-48(73-2)31-26-40)51(35-46)77-37-41-27-32-49(74-3)33-28-41/h5-35,52,54-55,60H,36-39H2,1-4H3,(H,63,69)/t52?,60-,62-/m0/s1. The van der Waals surface area contributed by atoms with Gasteiger partial charge in [-0.3, -0.25) is 19.3 Å². The van der Waals surface area contributed by atoms with Gasteiger partial charge in [0.05, 0.1) is 14.2 Å². The van der Waals surface area contributed by atoms with Crippen molar-refractivity contribution in [2.24, 2.45) is 7.05 Å². The van der Waals surface area contributed by atoms with Gasteiger partial charge in [0.1, 0.15) is 35.8 Å². The second kappa shape index (κ2) is 25.5. The summed E-state index contributed by atoms with van der Waals surface area (Å²) in [6.45, 7) is 0.207. The number of esters is 2. The third-order valence-electron chi connectivity index (χ3n) is 13.7. The third-order valence-corrected chi connectivity index (χ3v) is 16.1. The van der Waals surface area contributed by atoms with Crippen LogP contribution >= 0.6 is 23.5 Å². The molecule has 0 bridgehead atoms. The van der Waals surface area contributed by atoms with E-state index < -0.39 is 53.0 Å². The number of aryl methyl sites for hydroxylation is 1. The summed E-state index contributed by atoms with van der Waals surface area (Å²) in [4.78, 5) is 62.4. The molecule has 0 saturated carbocycles. The number of benzene rings is 7. The van der Waals surface area contributed by atoms with Crippen molar-refractivity contribution in [1.29, 1.82) is 0 Å². The van der Waals surface area contributed by atoms with Gasteiger partial charge in [-0.1, -0.05) is 163 Å². The van der Waals surface area contributed by atoms with Crippen molar-refractivity contribution in [3.05, 3.63) is 238 Å². The van der Waals surface area contributed by atoms with Crippen molar-refractivity contribution in [3.8, 4) is 23.0 Å². The summed E-state index contributed by atoms with van der Waals surface area (Å²) in [6, 6.07) is 56.5. The normalized spacial score (nSPS) is 16.0. The summed E-state index contributed by atoms with van der Waals surface area (Å²) in [5.74, 6) is -2.89. The van der Waals surface area contributed by atoms with Crippen molar-refractivity contribution >= 4 is 47.3 Å². The van der Waals surface area contributed by atoms with Crippen molar-refractivity contribution in [2.75, 3.05) is 32.8 Å². The predicted octanol–water partition coefficient (Wildman–Crippen LogP) is 9.55. The van der Waals surface area contributed by atoms with Crippen LogP contribution in [0.2, 0.25) is 0 Å². The van der Waals surface area contributed by atoms with E-state index in [4.69, 9.17) is 33.2 Å². The van der Waals surface area contributed by atoms with Crippen LogP contribution in [0.5, 0.6) is 23.0 Å². The molecule has 10 rings (SSSR count). The van der Waals surface area contributed by atoms with Crippen molar-refractivity contribution in [3.63, 3.8) is 0 Å². The molecule has 3 heterocycles. The number of nitrogens with one attached hydrogen (secondary N) is 1. The molecule has 1 fully saturated rings. The van der Waals surface area contributed by atoms with Crippen LogP contribution in [0.3, 0.4) is 0 Å². The van der Waals surface area contributed by atoms with Gasteiger partial charge in [-0.25, -0.2) is 9.48 Å². The lowest BCUT2D eigenvalue weighted by Crippen LogP contribution is -2.81. The van der Waals surface area contributed by atoms with E-state index in [9.17, 15) is 4.79 Å². The molecule has 19 heteroatoms. The van der Waals surface area contributed by atoms with Gasteiger partial charge in [0.15, 0.2) is 29.6 Å². The number of ether oxygens (including phenoxy) is 7. The summed E-state index contributed by atoms with van der Waals surface area (Å²) in [5, 5.41) is 14.2. The van der Waals surface area contributed by atoms with Crippen LogP contribution in [-0.4, -0.2) is 92.8 Å². The van der Waals surface area contributed by atoms with Crippen molar-refractivity contribution in [1.82, 2.24) is 30.4 Å². The lowest BCUT2D eigenvalue weighted by molar-refractivity contribution is -0.194. The smallest absolute Gasteiger partial charge is 0.356 e. The highest BCUT2D eigenvalue weighted by atomic mass is 32.2. The summed E-state index contributed by atoms with van der Waals surface area (Å²) in [5.41, 5.74) is 2.95. The van der Waals surface area contributed by atoms with Gasteiger partial charge in [0.25, 0.3) is 11.6 Å².